The van der Waals surface area contributed by atoms with Crippen LogP contribution in [0.5, 0.6) is 0 Å². The molecule has 0 aliphatic carbocycles. The van der Waals surface area contributed by atoms with E-state index < -0.39 is 0 Å². The van der Waals surface area contributed by atoms with Gasteiger partial charge in [0, 0.05) is 35.9 Å². The Balaban J connectivity index is 2.24. The van der Waals surface area contributed by atoms with E-state index in [2.05, 4.69) is 16.0 Å². The summed E-state index contributed by atoms with van der Waals surface area (Å²) in [7, 11) is 0. The molecule has 0 spiro atoms. The van der Waals surface area contributed by atoms with Crippen molar-refractivity contribution in [3.63, 3.8) is 0 Å². The summed E-state index contributed by atoms with van der Waals surface area (Å²) in [5.41, 5.74) is 3.08. The zero-order chi connectivity index (χ0) is 11.7. The fraction of sp³-hybridized carbons (Fsp3) is 0.0769. The smallest absolute Gasteiger partial charge is 0.144 e. The van der Waals surface area contributed by atoms with Crippen molar-refractivity contribution >= 4 is 5.65 Å². The first-order valence-corrected chi connectivity index (χ1v) is 5.26. The molecule has 0 aliphatic rings. The fourth-order valence-electron chi connectivity index (χ4n) is 1.92. The summed E-state index contributed by atoms with van der Waals surface area (Å²) in [6.07, 6.45) is 14.6. The van der Waals surface area contributed by atoms with E-state index in [1.54, 1.807) is 6.20 Å². The van der Waals surface area contributed by atoms with E-state index in [1.807, 2.05) is 46.0 Å². The Morgan fingerprint density at radius 1 is 1.29 bits per heavy atom. The van der Waals surface area contributed by atoms with E-state index in [9.17, 15) is 0 Å². The number of hydrogen-bond acceptors (Lipinski definition) is 2. The summed E-state index contributed by atoms with van der Waals surface area (Å²) in [6, 6.07) is 3.92. The van der Waals surface area contributed by atoms with Gasteiger partial charge in [-0.25, -0.2) is 4.52 Å². The molecule has 0 bridgehead atoms. The highest BCUT2D eigenvalue weighted by atomic mass is 15.3. The van der Waals surface area contributed by atoms with Gasteiger partial charge in [-0.05, 0) is 6.07 Å². The maximum absolute atomic E-state index is 5.36. The van der Waals surface area contributed by atoms with Crippen LogP contribution in [-0.2, 0) is 6.54 Å². The Morgan fingerprint density at radius 2 is 2.24 bits per heavy atom. The standard InChI is InChI=1S/C13H10N4/c1-2-6-16-7-8-17-13(16)12(10-15-17)11-4-3-5-14-9-11/h1,3-5,7-10H,6H2. The minimum absolute atomic E-state index is 0.537. The van der Waals surface area contributed by atoms with Crippen LogP contribution >= 0.6 is 0 Å². The van der Waals surface area contributed by atoms with Crippen LogP contribution in [-0.4, -0.2) is 19.2 Å². The molecule has 0 aliphatic heterocycles. The molecule has 4 heteroatoms. The van der Waals surface area contributed by atoms with Crippen molar-refractivity contribution < 1.29 is 0 Å². The Hall–Kier alpha value is -2.54. The Kier molecular flexibility index (Phi) is 2.16. The van der Waals surface area contributed by atoms with Crippen molar-refractivity contribution in [1.82, 2.24) is 19.2 Å². The summed E-state index contributed by atoms with van der Waals surface area (Å²) in [6.45, 7) is 0.537. The van der Waals surface area contributed by atoms with E-state index >= 15 is 0 Å². The minimum Gasteiger partial charge on any atom is -0.319 e. The van der Waals surface area contributed by atoms with E-state index in [1.165, 1.54) is 0 Å². The van der Waals surface area contributed by atoms with Crippen molar-refractivity contribution in [1.29, 1.82) is 0 Å². The van der Waals surface area contributed by atoms with Gasteiger partial charge in [-0.3, -0.25) is 4.98 Å². The lowest BCUT2D eigenvalue weighted by Gasteiger charge is -2.01. The number of hydrogen-bond donors (Lipinski definition) is 0. The van der Waals surface area contributed by atoms with Crippen LogP contribution in [0.2, 0.25) is 0 Å². The predicted molar refractivity (Wildman–Crippen MR) is 65.2 cm³/mol. The molecule has 0 unspecified atom stereocenters. The van der Waals surface area contributed by atoms with Gasteiger partial charge in [0.15, 0.2) is 0 Å². The fourth-order valence-corrected chi connectivity index (χ4v) is 1.92. The van der Waals surface area contributed by atoms with Gasteiger partial charge < -0.3 is 4.57 Å². The third-order valence-corrected chi connectivity index (χ3v) is 2.66. The molecule has 0 saturated heterocycles. The number of terminal acetylenes is 1. The number of imidazole rings is 1. The topological polar surface area (TPSA) is 35.1 Å². The summed E-state index contributed by atoms with van der Waals surface area (Å²) < 4.78 is 3.81. The highest BCUT2D eigenvalue weighted by molar-refractivity contribution is 5.76. The Morgan fingerprint density at radius 3 is 3.00 bits per heavy atom. The minimum atomic E-state index is 0.537. The van der Waals surface area contributed by atoms with Crippen molar-refractivity contribution in [2.24, 2.45) is 0 Å². The highest BCUT2D eigenvalue weighted by Gasteiger charge is 2.10. The average Bonchev–Trinajstić information content (AvgIpc) is 2.94. The summed E-state index contributed by atoms with van der Waals surface area (Å²) in [5, 5.41) is 4.30. The van der Waals surface area contributed by atoms with Gasteiger partial charge >= 0.3 is 0 Å². The number of aromatic nitrogens is 4. The van der Waals surface area contributed by atoms with Crippen LogP contribution in [0.25, 0.3) is 16.8 Å². The zero-order valence-corrected chi connectivity index (χ0v) is 9.11. The van der Waals surface area contributed by atoms with Crippen LogP contribution < -0.4 is 0 Å². The number of nitrogens with zero attached hydrogens (tertiary/aromatic N) is 4. The van der Waals surface area contributed by atoms with Gasteiger partial charge in [0.05, 0.1) is 12.7 Å². The lowest BCUT2D eigenvalue weighted by atomic mass is 10.1. The molecule has 0 N–H and O–H groups in total. The lowest BCUT2D eigenvalue weighted by molar-refractivity contribution is 0.869. The van der Waals surface area contributed by atoms with Crippen LogP contribution in [0.15, 0.2) is 43.1 Å². The second kappa shape index (κ2) is 3.80. The average molecular weight is 222 g/mol. The highest BCUT2D eigenvalue weighted by Crippen LogP contribution is 2.23. The second-order valence-electron chi connectivity index (χ2n) is 3.70. The molecule has 3 rings (SSSR count). The summed E-state index contributed by atoms with van der Waals surface area (Å²) >= 11 is 0. The molecule has 4 nitrogen and oxygen atoms in total. The van der Waals surface area contributed by atoms with Gasteiger partial charge in [-0.2, -0.15) is 5.10 Å². The normalized spacial score (nSPS) is 10.5. The van der Waals surface area contributed by atoms with Gasteiger partial charge in [-0.15, -0.1) is 6.42 Å². The number of pyridine rings is 1. The summed E-state index contributed by atoms with van der Waals surface area (Å²) in [4.78, 5) is 4.12. The van der Waals surface area contributed by atoms with Crippen LogP contribution in [0, 0.1) is 12.3 Å². The third-order valence-electron chi connectivity index (χ3n) is 2.66. The first kappa shape index (κ1) is 9.67. The number of fused-ring (bicyclic) bond motifs is 1. The maximum atomic E-state index is 5.36. The monoisotopic (exact) mass is 222 g/mol. The molecular weight excluding hydrogens is 212 g/mol. The SMILES string of the molecule is C#CCn1ccn2ncc(-c3cccnc3)c12. The second-order valence-corrected chi connectivity index (χ2v) is 3.70. The van der Waals surface area contributed by atoms with Gasteiger partial charge in [0.1, 0.15) is 5.65 Å². The summed E-state index contributed by atoms with van der Waals surface area (Å²) in [5.74, 6) is 2.64. The molecule has 0 atom stereocenters. The first-order chi connectivity index (χ1) is 8.40. The quantitative estimate of drug-likeness (QED) is 0.620. The molecule has 0 aromatic carbocycles. The molecule has 3 aromatic rings. The Bertz CT molecular complexity index is 685. The molecular formula is C13H10N4. The van der Waals surface area contributed by atoms with Crippen LogP contribution in [0.4, 0.5) is 0 Å². The molecule has 3 heterocycles. The van der Waals surface area contributed by atoms with E-state index in [0.717, 1.165) is 16.8 Å². The Labute approximate surface area is 98.5 Å². The van der Waals surface area contributed by atoms with Gasteiger partial charge in [-0.1, -0.05) is 12.0 Å². The van der Waals surface area contributed by atoms with Crippen molar-refractivity contribution in [3.05, 3.63) is 43.1 Å². The van der Waals surface area contributed by atoms with Crippen molar-refractivity contribution in [3.8, 4) is 23.5 Å². The molecule has 0 amide bonds. The molecule has 3 aromatic heterocycles. The van der Waals surface area contributed by atoms with E-state index in [-0.39, 0.29) is 0 Å². The first-order valence-electron chi connectivity index (χ1n) is 5.26. The zero-order valence-electron chi connectivity index (χ0n) is 9.11. The molecule has 82 valence electrons. The van der Waals surface area contributed by atoms with E-state index in [4.69, 9.17) is 6.42 Å². The van der Waals surface area contributed by atoms with Crippen molar-refractivity contribution in [2.75, 3.05) is 0 Å². The number of rotatable bonds is 2. The lowest BCUT2D eigenvalue weighted by Crippen LogP contribution is -1.94. The predicted octanol–water partition coefficient (Wildman–Crippen LogP) is 1.83. The molecule has 17 heavy (non-hydrogen) atoms. The maximum Gasteiger partial charge on any atom is 0.144 e. The van der Waals surface area contributed by atoms with E-state index in [0.29, 0.717) is 6.54 Å². The third kappa shape index (κ3) is 1.49. The van der Waals surface area contributed by atoms with Crippen LogP contribution in [0.1, 0.15) is 0 Å². The van der Waals surface area contributed by atoms with Gasteiger partial charge in [0.2, 0.25) is 0 Å². The van der Waals surface area contributed by atoms with Gasteiger partial charge in [0.25, 0.3) is 0 Å². The largest absolute Gasteiger partial charge is 0.319 e. The van der Waals surface area contributed by atoms with Crippen molar-refractivity contribution in [2.45, 2.75) is 6.54 Å². The van der Waals surface area contributed by atoms with Crippen LogP contribution in [0.3, 0.4) is 0 Å². The molecule has 0 radical (unpaired) electrons. The molecule has 0 fully saturated rings. The molecule has 0 saturated carbocycles.